The van der Waals surface area contributed by atoms with Crippen molar-refractivity contribution in [1.82, 2.24) is 4.90 Å². The van der Waals surface area contributed by atoms with Crippen LogP contribution in [0.4, 0.5) is 0 Å². The minimum Gasteiger partial charge on any atom is -0.493 e. The quantitative estimate of drug-likeness (QED) is 0.832. The van der Waals surface area contributed by atoms with Gasteiger partial charge in [0.2, 0.25) is 0 Å². The van der Waals surface area contributed by atoms with Crippen molar-refractivity contribution in [3.8, 4) is 5.75 Å². The first-order valence-electron chi connectivity index (χ1n) is 7.94. The first kappa shape index (κ1) is 15.3. The van der Waals surface area contributed by atoms with Gasteiger partial charge >= 0.3 is 0 Å². The van der Waals surface area contributed by atoms with E-state index in [1.54, 1.807) is 0 Å². The largest absolute Gasteiger partial charge is 0.493 e. The zero-order valence-corrected chi connectivity index (χ0v) is 12.8. The van der Waals surface area contributed by atoms with Crippen molar-refractivity contribution in [1.29, 1.82) is 0 Å². The third-order valence-electron chi connectivity index (χ3n) is 4.38. The lowest BCUT2D eigenvalue weighted by molar-refractivity contribution is 0.250. The van der Waals surface area contributed by atoms with Gasteiger partial charge in [0.1, 0.15) is 5.75 Å². The van der Waals surface area contributed by atoms with Crippen LogP contribution in [0.5, 0.6) is 5.75 Å². The molecule has 0 saturated carbocycles. The molecular formula is C17H28N2O. The van der Waals surface area contributed by atoms with E-state index in [0.717, 1.165) is 51.3 Å². The van der Waals surface area contributed by atoms with Crippen LogP contribution in [0.2, 0.25) is 0 Å². The Bertz CT molecular complexity index is 404. The second-order valence-electron chi connectivity index (χ2n) is 5.68. The molecule has 1 aliphatic rings. The number of nitrogens with two attached hydrogens (primary N) is 1. The Morgan fingerprint density at radius 3 is 2.80 bits per heavy atom. The van der Waals surface area contributed by atoms with Gasteiger partial charge in [-0.25, -0.2) is 0 Å². The highest BCUT2D eigenvalue weighted by atomic mass is 16.5. The van der Waals surface area contributed by atoms with Crippen LogP contribution in [0, 0.1) is 0 Å². The third kappa shape index (κ3) is 3.97. The van der Waals surface area contributed by atoms with E-state index in [9.17, 15) is 0 Å². The Hall–Kier alpha value is -1.06. The predicted molar refractivity (Wildman–Crippen MR) is 84.3 cm³/mol. The van der Waals surface area contributed by atoms with E-state index in [1.165, 1.54) is 5.56 Å². The molecule has 3 heteroatoms. The van der Waals surface area contributed by atoms with Crippen molar-refractivity contribution in [3.05, 3.63) is 29.8 Å². The molecule has 0 spiro atoms. The normalized spacial score (nSPS) is 19.5. The number of hydrogen-bond acceptors (Lipinski definition) is 3. The summed E-state index contributed by atoms with van der Waals surface area (Å²) in [5, 5.41) is 0. The fraction of sp³-hybridized carbons (Fsp3) is 0.647. The highest BCUT2D eigenvalue weighted by molar-refractivity contribution is 5.37. The maximum absolute atomic E-state index is 6.35. The van der Waals surface area contributed by atoms with Crippen molar-refractivity contribution >= 4 is 0 Å². The van der Waals surface area contributed by atoms with Crippen LogP contribution in [-0.4, -0.2) is 37.2 Å². The van der Waals surface area contributed by atoms with Crippen molar-refractivity contribution in [2.75, 3.05) is 26.2 Å². The maximum atomic E-state index is 6.35. The van der Waals surface area contributed by atoms with Gasteiger partial charge in [-0.1, -0.05) is 32.0 Å². The van der Waals surface area contributed by atoms with Gasteiger partial charge in [0.05, 0.1) is 6.61 Å². The van der Waals surface area contributed by atoms with Crippen LogP contribution < -0.4 is 10.5 Å². The summed E-state index contributed by atoms with van der Waals surface area (Å²) in [4.78, 5) is 2.44. The molecule has 2 unspecified atom stereocenters. The van der Waals surface area contributed by atoms with Crippen molar-refractivity contribution in [2.45, 2.75) is 45.1 Å². The number of hydrogen-bond donors (Lipinski definition) is 1. The summed E-state index contributed by atoms with van der Waals surface area (Å²) < 4.78 is 5.72. The Kier molecular flexibility index (Phi) is 5.86. The summed E-state index contributed by atoms with van der Waals surface area (Å²) >= 11 is 0. The Morgan fingerprint density at radius 2 is 2.05 bits per heavy atom. The van der Waals surface area contributed by atoms with E-state index in [1.807, 2.05) is 6.07 Å². The molecule has 2 atom stereocenters. The second kappa shape index (κ2) is 7.65. The molecule has 0 bridgehead atoms. The van der Waals surface area contributed by atoms with Crippen molar-refractivity contribution in [2.24, 2.45) is 5.73 Å². The molecule has 112 valence electrons. The molecule has 0 fully saturated rings. The van der Waals surface area contributed by atoms with Crippen LogP contribution in [0.15, 0.2) is 24.3 Å². The number of ether oxygens (including phenoxy) is 1. The zero-order chi connectivity index (χ0) is 14.4. The lowest BCUT2D eigenvalue weighted by Gasteiger charge is -2.28. The molecule has 2 N–H and O–H groups in total. The monoisotopic (exact) mass is 276 g/mol. The fourth-order valence-electron chi connectivity index (χ4n) is 3.03. The first-order chi connectivity index (χ1) is 9.74. The van der Waals surface area contributed by atoms with E-state index in [-0.39, 0.29) is 6.04 Å². The fourth-order valence-corrected chi connectivity index (χ4v) is 3.03. The highest BCUT2D eigenvalue weighted by Crippen LogP contribution is 2.36. The molecule has 1 aromatic rings. The SMILES string of the molecule is CCN(CC)CCC(N)CC1CCOc2ccccc21. The summed E-state index contributed by atoms with van der Waals surface area (Å²) in [5.41, 5.74) is 7.70. The molecule has 0 saturated heterocycles. The van der Waals surface area contributed by atoms with E-state index >= 15 is 0 Å². The number of rotatable bonds is 7. The molecule has 2 rings (SSSR count). The molecule has 0 aromatic heterocycles. The Balaban J connectivity index is 1.87. The zero-order valence-electron chi connectivity index (χ0n) is 12.8. The van der Waals surface area contributed by atoms with Crippen LogP contribution in [0.3, 0.4) is 0 Å². The summed E-state index contributed by atoms with van der Waals surface area (Å²) in [7, 11) is 0. The molecule has 1 aromatic carbocycles. The van der Waals surface area contributed by atoms with E-state index in [2.05, 4.69) is 36.9 Å². The number of para-hydroxylation sites is 1. The maximum Gasteiger partial charge on any atom is 0.122 e. The average molecular weight is 276 g/mol. The summed E-state index contributed by atoms with van der Waals surface area (Å²) in [6.07, 6.45) is 3.25. The smallest absolute Gasteiger partial charge is 0.122 e. The van der Waals surface area contributed by atoms with Gasteiger partial charge < -0.3 is 15.4 Å². The van der Waals surface area contributed by atoms with Crippen LogP contribution in [0.25, 0.3) is 0 Å². The van der Waals surface area contributed by atoms with E-state index < -0.39 is 0 Å². The van der Waals surface area contributed by atoms with E-state index in [0.29, 0.717) is 5.92 Å². The molecule has 3 nitrogen and oxygen atoms in total. The Labute approximate surface area is 123 Å². The molecule has 20 heavy (non-hydrogen) atoms. The highest BCUT2D eigenvalue weighted by Gasteiger charge is 2.23. The van der Waals surface area contributed by atoms with Gasteiger partial charge in [-0.05, 0) is 56.4 Å². The van der Waals surface area contributed by atoms with Crippen LogP contribution in [-0.2, 0) is 0 Å². The minimum atomic E-state index is 0.284. The molecule has 0 radical (unpaired) electrons. The molecule has 1 heterocycles. The lowest BCUT2D eigenvalue weighted by atomic mass is 9.87. The number of fused-ring (bicyclic) bond motifs is 1. The summed E-state index contributed by atoms with van der Waals surface area (Å²) in [6, 6.07) is 8.69. The standard InChI is InChI=1S/C17H28N2O/c1-3-19(4-2)11-9-15(18)13-14-10-12-20-17-8-6-5-7-16(14)17/h5-8,14-15H,3-4,9-13,18H2,1-2H3. The second-order valence-corrected chi connectivity index (χ2v) is 5.68. The predicted octanol–water partition coefficient (Wildman–Crippen LogP) is 3.00. The average Bonchev–Trinajstić information content (AvgIpc) is 2.49. The molecule has 0 aliphatic carbocycles. The van der Waals surface area contributed by atoms with Crippen LogP contribution in [0.1, 0.15) is 44.6 Å². The molecular weight excluding hydrogens is 248 g/mol. The first-order valence-corrected chi connectivity index (χ1v) is 7.94. The van der Waals surface area contributed by atoms with Gasteiger partial charge in [-0.3, -0.25) is 0 Å². The number of nitrogens with zero attached hydrogens (tertiary/aromatic N) is 1. The minimum absolute atomic E-state index is 0.284. The van der Waals surface area contributed by atoms with Gasteiger partial charge in [0.15, 0.2) is 0 Å². The third-order valence-corrected chi connectivity index (χ3v) is 4.38. The summed E-state index contributed by atoms with van der Waals surface area (Å²) in [6.45, 7) is 8.59. The lowest BCUT2D eigenvalue weighted by Crippen LogP contribution is -2.32. The Morgan fingerprint density at radius 1 is 1.30 bits per heavy atom. The van der Waals surface area contributed by atoms with Crippen molar-refractivity contribution in [3.63, 3.8) is 0 Å². The van der Waals surface area contributed by atoms with E-state index in [4.69, 9.17) is 10.5 Å². The summed E-state index contributed by atoms with van der Waals surface area (Å²) in [5.74, 6) is 1.62. The van der Waals surface area contributed by atoms with Gasteiger partial charge in [0, 0.05) is 6.04 Å². The van der Waals surface area contributed by atoms with Crippen molar-refractivity contribution < 1.29 is 4.74 Å². The van der Waals surface area contributed by atoms with Crippen LogP contribution >= 0.6 is 0 Å². The van der Waals surface area contributed by atoms with Gasteiger partial charge in [-0.15, -0.1) is 0 Å². The number of benzene rings is 1. The molecule has 0 amide bonds. The van der Waals surface area contributed by atoms with Gasteiger partial charge in [0.25, 0.3) is 0 Å². The van der Waals surface area contributed by atoms with Gasteiger partial charge in [-0.2, -0.15) is 0 Å². The molecule has 1 aliphatic heterocycles. The topological polar surface area (TPSA) is 38.5 Å².